The van der Waals surface area contributed by atoms with Gasteiger partial charge < -0.3 is 10.5 Å². The molecule has 5 heteroatoms. The third-order valence-corrected chi connectivity index (χ3v) is 2.71. The Labute approximate surface area is 101 Å². The van der Waals surface area contributed by atoms with E-state index in [4.69, 9.17) is 5.73 Å². The van der Waals surface area contributed by atoms with Crippen LogP contribution in [-0.4, -0.2) is 6.61 Å². The fourth-order valence-corrected chi connectivity index (χ4v) is 2.02. The van der Waals surface area contributed by atoms with Crippen LogP contribution >= 0.6 is 15.9 Å². The molecule has 0 aliphatic heterocycles. The van der Waals surface area contributed by atoms with Crippen molar-refractivity contribution in [1.82, 2.24) is 0 Å². The Kier molecular flexibility index (Phi) is 4.89. The van der Waals surface area contributed by atoms with E-state index < -0.39 is 12.7 Å². The van der Waals surface area contributed by atoms with Crippen molar-refractivity contribution in [2.24, 2.45) is 5.73 Å². The zero-order chi connectivity index (χ0) is 12.1. The normalized spacial score (nSPS) is 12.6. The largest absolute Gasteiger partial charge is 0.434 e. The number of rotatable bonds is 5. The Morgan fingerprint density at radius 3 is 2.75 bits per heavy atom. The van der Waals surface area contributed by atoms with Crippen LogP contribution in [0.25, 0.3) is 0 Å². The molecule has 0 bridgehead atoms. The average molecular weight is 292 g/mol. The van der Waals surface area contributed by atoms with Gasteiger partial charge in [0.15, 0.2) is 0 Å². The lowest BCUT2D eigenvalue weighted by atomic mass is 10.0. The first-order chi connectivity index (χ1) is 7.56. The van der Waals surface area contributed by atoms with E-state index in [2.05, 4.69) is 27.2 Å². The summed E-state index contributed by atoms with van der Waals surface area (Å²) in [6.07, 6.45) is 2.12. The summed E-state index contributed by atoms with van der Waals surface area (Å²) in [5, 5.41) is 0. The molecule has 0 aromatic heterocycles. The molecule has 0 saturated heterocycles. The maximum atomic E-state index is 12.2. The summed E-state index contributed by atoms with van der Waals surface area (Å²) in [5.74, 6) is 0.0960. The van der Waals surface area contributed by atoms with Crippen molar-refractivity contribution in [2.45, 2.75) is 19.1 Å². The van der Waals surface area contributed by atoms with Gasteiger partial charge in [-0.05, 0) is 18.6 Å². The highest BCUT2D eigenvalue weighted by Crippen LogP contribution is 2.33. The van der Waals surface area contributed by atoms with Crippen LogP contribution in [0.4, 0.5) is 8.78 Å². The zero-order valence-corrected chi connectivity index (χ0v) is 10.1. The van der Waals surface area contributed by atoms with Crippen molar-refractivity contribution in [3.05, 3.63) is 40.9 Å². The molecule has 0 heterocycles. The summed E-state index contributed by atoms with van der Waals surface area (Å²) in [7, 11) is 0. The Morgan fingerprint density at radius 2 is 2.19 bits per heavy atom. The Bertz CT molecular complexity index is 371. The lowest BCUT2D eigenvalue weighted by molar-refractivity contribution is -0.0506. The predicted molar refractivity (Wildman–Crippen MR) is 62.5 cm³/mol. The lowest BCUT2D eigenvalue weighted by Gasteiger charge is -2.17. The average Bonchev–Trinajstić information content (AvgIpc) is 2.16. The van der Waals surface area contributed by atoms with Gasteiger partial charge in [-0.15, -0.1) is 6.58 Å². The Balaban J connectivity index is 3.07. The molecule has 0 radical (unpaired) electrons. The van der Waals surface area contributed by atoms with Gasteiger partial charge in [0.05, 0.1) is 0 Å². The lowest BCUT2D eigenvalue weighted by Crippen LogP contribution is -2.13. The van der Waals surface area contributed by atoms with Crippen LogP contribution in [-0.2, 0) is 0 Å². The quantitative estimate of drug-likeness (QED) is 0.841. The number of halogens is 3. The number of ether oxygens (including phenoxy) is 1. The van der Waals surface area contributed by atoms with Crippen LogP contribution in [0.5, 0.6) is 5.75 Å². The topological polar surface area (TPSA) is 35.2 Å². The molecular weight excluding hydrogens is 280 g/mol. The SMILES string of the molecule is C=CC[C@@H](N)c1c(Br)cccc1OC(F)F. The monoisotopic (exact) mass is 291 g/mol. The number of hydrogen-bond acceptors (Lipinski definition) is 2. The van der Waals surface area contributed by atoms with Gasteiger partial charge >= 0.3 is 6.61 Å². The van der Waals surface area contributed by atoms with Crippen LogP contribution in [0.2, 0.25) is 0 Å². The third-order valence-electron chi connectivity index (χ3n) is 2.02. The second-order valence-electron chi connectivity index (χ2n) is 3.16. The third kappa shape index (κ3) is 3.28. The molecule has 2 nitrogen and oxygen atoms in total. The molecular formula is C11H12BrF2NO. The minimum Gasteiger partial charge on any atom is -0.434 e. The number of benzene rings is 1. The first-order valence-electron chi connectivity index (χ1n) is 4.66. The first-order valence-corrected chi connectivity index (χ1v) is 5.45. The van der Waals surface area contributed by atoms with E-state index in [0.29, 0.717) is 16.5 Å². The van der Waals surface area contributed by atoms with Gasteiger partial charge in [-0.25, -0.2) is 0 Å². The molecule has 0 fully saturated rings. The molecule has 0 spiro atoms. The molecule has 16 heavy (non-hydrogen) atoms. The van der Waals surface area contributed by atoms with Gasteiger partial charge in [-0.1, -0.05) is 28.1 Å². The second-order valence-corrected chi connectivity index (χ2v) is 4.02. The van der Waals surface area contributed by atoms with E-state index in [1.54, 1.807) is 18.2 Å². The van der Waals surface area contributed by atoms with Crippen molar-refractivity contribution < 1.29 is 13.5 Å². The smallest absolute Gasteiger partial charge is 0.387 e. The fourth-order valence-electron chi connectivity index (χ4n) is 1.37. The van der Waals surface area contributed by atoms with E-state index in [9.17, 15) is 8.78 Å². The highest BCUT2D eigenvalue weighted by Gasteiger charge is 2.17. The molecule has 1 aromatic rings. The van der Waals surface area contributed by atoms with Crippen LogP contribution in [0, 0.1) is 0 Å². The van der Waals surface area contributed by atoms with Crippen molar-refractivity contribution in [3.63, 3.8) is 0 Å². The number of hydrogen-bond donors (Lipinski definition) is 1. The van der Waals surface area contributed by atoms with Gasteiger partial charge in [-0.2, -0.15) is 8.78 Å². The van der Waals surface area contributed by atoms with E-state index in [1.807, 2.05) is 0 Å². The van der Waals surface area contributed by atoms with Crippen molar-refractivity contribution in [3.8, 4) is 5.75 Å². The predicted octanol–water partition coefficient (Wildman–Crippen LogP) is 3.63. The highest BCUT2D eigenvalue weighted by atomic mass is 79.9. The summed E-state index contributed by atoms with van der Waals surface area (Å²) in [6, 6.07) is 4.40. The summed E-state index contributed by atoms with van der Waals surface area (Å²) < 4.78 is 29.4. The molecule has 2 N–H and O–H groups in total. The summed E-state index contributed by atoms with van der Waals surface area (Å²) in [5.41, 5.74) is 6.39. The minimum atomic E-state index is -2.86. The van der Waals surface area contributed by atoms with E-state index >= 15 is 0 Å². The Hall–Kier alpha value is -0.940. The van der Waals surface area contributed by atoms with Crippen LogP contribution < -0.4 is 10.5 Å². The number of alkyl halides is 2. The molecule has 0 aliphatic rings. The summed E-state index contributed by atoms with van der Waals surface area (Å²) in [4.78, 5) is 0. The standard InChI is InChI=1S/C11H12BrF2NO/c1-2-4-8(15)10-7(12)5-3-6-9(10)16-11(13)14/h2-3,5-6,8,11H,1,4,15H2/t8-/m1/s1. The van der Waals surface area contributed by atoms with Gasteiger partial charge in [0.2, 0.25) is 0 Å². The molecule has 1 atom stereocenters. The maximum absolute atomic E-state index is 12.2. The van der Waals surface area contributed by atoms with Crippen molar-refractivity contribution in [2.75, 3.05) is 0 Å². The molecule has 1 rings (SSSR count). The number of nitrogens with two attached hydrogens (primary N) is 1. The van der Waals surface area contributed by atoms with E-state index in [1.165, 1.54) is 6.07 Å². The molecule has 0 saturated carbocycles. The van der Waals surface area contributed by atoms with Gasteiger partial charge in [0, 0.05) is 16.1 Å². The fraction of sp³-hybridized carbons (Fsp3) is 0.273. The highest BCUT2D eigenvalue weighted by molar-refractivity contribution is 9.10. The minimum absolute atomic E-state index is 0.0960. The van der Waals surface area contributed by atoms with E-state index in [-0.39, 0.29) is 5.75 Å². The van der Waals surface area contributed by atoms with Crippen LogP contribution in [0.1, 0.15) is 18.0 Å². The maximum Gasteiger partial charge on any atom is 0.387 e. The molecule has 0 unspecified atom stereocenters. The van der Waals surface area contributed by atoms with Crippen LogP contribution in [0.15, 0.2) is 35.3 Å². The molecule has 1 aromatic carbocycles. The second kappa shape index (κ2) is 5.96. The summed E-state index contributed by atoms with van der Waals surface area (Å²) >= 11 is 3.27. The molecule has 0 aliphatic carbocycles. The van der Waals surface area contributed by atoms with E-state index in [0.717, 1.165) is 0 Å². The molecule has 0 amide bonds. The van der Waals surface area contributed by atoms with Gasteiger partial charge in [-0.3, -0.25) is 0 Å². The van der Waals surface area contributed by atoms with Crippen molar-refractivity contribution >= 4 is 15.9 Å². The molecule has 88 valence electrons. The van der Waals surface area contributed by atoms with Crippen LogP contribution in [0.3, 0.4) is 0 Å². The first kappa shape index (κ1) is 13.1. The van der Waals surface area contributed by atoms with Gasteiger partial charge in [0.25, 0.3) is 0 Å². The Morgan fingerprint density at radius 1 is 1.50 bits per heavy atom. The summed E-state index contributed by atoms with van der Waals surface area (Å²) in [6.45, 7) is 0.705. The van der Waals surface area contributed by atoms with Crippen molar-refractivity contribution in [1.29, 1.82) is 0 Å². The zero-order valence-electron chi connectivity index (χ0n) is 8.50. The van der Waals surface area contributed by atoms with Gasteiger partial charge in [0.1, 0.15) is 5.75 Å².